The van der Waals surface area contributed by atoms with Crippen LogP contribution in [0.5, 0.6) is 0 Å². The first kappa shape index (κ1) is 11.9. The number of alkyl halides is 3. The summed E-state index contributed by atoms with van der Waals surface area (Å²) in [5.41, 5.74) is 4.01. The summed E-state index contributed by atoms with van der Waals surface area (Å²) in [6, 6.07) is 3.29. The van der Waals surface area contributed by atoms with Crippen molar-refractivity contribution in [3.05, 3.63) is 34.9 Å². The summed E-state index contributed by atoms with van der Waals surface area (Å²) in [7, 11) is -3.81. The van der Waals surface area contributed by atoms with Crippen molar-refractivity contribution in [1.82, 2.24) is 0 Å². The van der Waals surface area contributed by atoms with Crippen molar-refractivity contribution in [3.63, 3.8) is 0 Å². The molecular formula is C9H7F3N2O2S. The molecule has 1 aliphatic rings. The Hall–Kier alpha value is -1.57. The molecule has 0 fully saturated rings. The Morgan fingerprint density at radius 3 is 2.53 bits per heavy atom. The molecule has 0 aromatic heterocycles. The van der Waals surface area contributed by atoms with Gasteiger partial charge in [0.05, 0.1) is 11.3 Å². The van der Waals surface area contributed by atoms with E-state index in [2.05, 4.69) is 4.40 Å². The number of amidine groups is 1. The minimum Gasteiger partial charge on any atom is -0.383 e. The molecule has 92 valence electrons. The Balaban J connectivity index is 2.74. The van der Waals surface area contributed by atoms with Gasteiger partial charge in [-0.15, -0.1) is 4.40 Å². The Labute approximate surface area is 95.0 Å². The molecule has 0 saturated carbocycles. The van der Waals surface area contributed by atoms with Crippen molar-refractivity contribution >= 4 is 15.9 Å². The van der Waals surface area contributed by atoms with Crippen LogP contribution in [0.4, 0.5) is 13.2 Å². The highest BCUT2D eigenvalue weighted by Crippen LogP contribution is 2.35. The van der Waals surface area contributed by atoms with Gasteiger partial charge in [-0.3, -0.25) is 0 Å². The van der Waals surface area contributed by atoms with Crippen molar-refractivity contribution in [1.29, 1.82) is 0 Å². The Morgan fingerprint density at radius 1 is 1.29 bits per heavy atom. The Kier molecular flexibility index (Phi) is 2.42. The molecule has 0 bridgehead atoms. The van der Waals surface area contributed by atoms with Crippen molar-refractivity contribution in [2.24, 2.45) is 10.1 Å². The van der Waals surface area contributed by atoms with Gasteiger partial charge < -0.3 is 5.73 Å². The quantitative estimate of drug-likeness (QED) is 0.766. The average Bonchev–Trinajstić information content (AvgIpc) is 2.13. The number of benzene rings is 1. The molecule has 1 aromatic carbocycles. The zero-order valence-corrected chi connectivity index (χ0v) is 9.14. The molecule has 17 heavy (non-hydrogen) atoms. The van der Waals surface area contributed by atoms with Crippen LogP contribution in [0.25, 0.3) is 0 Å². The summed E-state index contributed by atoms with van der Waals surface area (Å²) in [6.45, 7) is 0. The first-order valence-electron chi connectivity index (χ1n) is 4.48. The second-order valence-electron chi connectivity index (χ2n) is 3.54. The van der Waals surface area contributed by atoms with Gasteiger partial charge in [-0.1, -0.05) is 12.1 Å². The van der Waals surface area contributed by atoms with Crippen LogP contribution in [0.3, 0.4) is 0 Å². The van der Waals surface area contributed by atoms with E-state index in [1.807, 2.05) is 0 Å². The standard InChI is InChI=1S/C9H7F3N2O2S/c10-9(11,12)6-3-1-2-5-4-17(15,16)14-8(13)7(5)6/h1-3H,4H2,(H2,13,14). The topological polar surface area (TPSA) is 72.5 Å². The van der Waals surface area contributed by atoms with Crippen LogP contribution in [0, 0.1) is 0 Å². The zero-order valence-electron chi connectivity index (χ0n) is 8.32. The fraction of sp³-hybridized carbons (Fsp3) is 0.222. The minimum absolute atomic E-state index is 0.0207. The number of rotatable bonds is 0. The fourth-order valence-corrected chi connectivity index (χ4v) is 2.77. The fourth-order valence-electron chi connectivity index (χ4n) is 1.68. The maximum atomic E-state index is 12.7. The lowest BCUT2D eigenvalue weighted by molar-refractivity contribution is -0.137. The molecule has 1 heterocycles. The van der Waals surface area contributed by atoms with E-state index >= 15 is 0 Å². The highest BCUT2D eigenvalue weighted by molar-refractivity contribution is 7.89. The molecule has 0 unspecified atom stereocenters. The van der Waals surface area contributed by atoms with Crippen LogP contribution in [-0.2, 0) is 22.0 Å². The Bertz CT molecular complexity index is 605. The first-order chi connectivity index (χ1) is 7.71. The van der Waals surface area contributed by atoms with Crippen molar-refractivity contribution < 1.29 is 21.6 Å². The number of nitrogens with zero attached hydrogens (tertiary/aromatic N) is 1. The van der Waals surface area contributed by atoms with Gasteiger partial charge in [0.2, 0.25) is 0 Å². The number of sulfonamides is 1. The second-order valence-corrected chi connectivity index (χ2v) is 5.18. The summed E-state index contributed by atoms with van der Waals surface area (Å²) >= 11 is 0. The monoisotopic (exact) mass is 264 g/mol. The molecule has 2 N–H and O–H groups in total. The van der Waals surface area contributed by atoms with Gasteiger partial charge in [-0.05, 0) is 11.6 Å². The van der Waals surface area contributed by atoms with Gasteiger partial charge >= 0.3 is 6.18 Å². The maximum Gasteiger partial charge on any atom is 0.417 e. The number of hydrogen-bond acceptors (Lipinski definition) is 3. The SMILES string of the molecule is NC1=NS(=O)(=O)Cc2cccc(C(F)(F)F)c21. The van der Waals surface area contributed by atoms with Crippen LogP contribution in [0.2, 0.25) is 0 Å². The molecule has 8 heteroatoms. The minimum atomic E-state index is -4.59. The second kappa shape index (κ2) is 3.46. The molecule has 1 aromatic rings. The van der Waals surface area contributed by atoms with Gasteiger partial charge in [0.1, 0.15) is 5.84 Å². The smallest absolute Gasteiger partial charge is 0.383 e. The average molecular weight is 264 g/mol. The summed E-state index contributed by atoms with van der Waals surface area (Å²) in [4.78, 5) is 0. The summed E-state index contributed by atoms with van der Waals surface area (Å²) < 4.78 is 63.6. The van der Waals surface area contributed by atoms with Gasteiger partial charge in [0.25, 0.3) is 10.0 Å². The van der Waals surface area contributed by atoms with Gasteiger partial charge in [0.15, 0.2) is 0 Å². The predicted octanol–water partition coefficient (Wildman–Crippen LogP) is 1.25. The van der Waals surface area contributed by atoms with E-state index in [1.54, 1.807) is 0 Å². The molecule has 0 radical (unpaired) electrons. The Morgan fingerprint density at radius 2 is 1.94 bits per heavy atom. The number of nitrogens with two attached hydrogens (primary N) is 1. The summed E-state index contributed by atoms with van der Waals surface area (Å²) in [5, 5.41) is 0. The maximum absolute atomic E-state index is 12.7. The lowest BCUT2D eigenvalue weighted by Gasteiger charge is -2.19. The van der Waals surface area contributed by atoms with E-state index in [1.165, 1.54) is 6.07 Å². The molecule has 2 rings (SSSR count). The molecule has 0 atom stereocenters. The van der Waals surface area contributed by atoms with E-state index in [0.29, 0.717) is 0 Å². The summed E-state index contributed by atoms with van der Waals surface area (Å²) in [5.74, 6) is -1.17. The number of hydrogen-bond donors (Lipinski definition) is 1. The number of halogens is 3. The zero-order chi connectivity index (χ0) is 12.8. The highest BCUT2D eigenvalue weighted by Gasteiger charge is 2.37. The van der Waals surface area contributed by atoms with Crippen LogP contribution in [0.1, 0.15) is 16.7 Å². The van der Waals surface area contributed by atoms with E-state index in [4.69, 9.17) is 5.73 Å². The number of fused-ring (bicyclic) bond motifs is 1. The molecule has 0 saturated heterocycles. The molecule has 0 spiro atoms. The van der Waals surface area contributed by atoms with E-state index < -0.39 is 33.4 Å². The summed E-state index contributed by atoms with van der Waals surface area (Å²) in [6.07, 6.45) is -4.59. The molecule has 0 aliphatic carbocycles. The van der Waals surface area contributed by atoms with Crippen molar-refractivity contribution in [3.8, 4) is 0 Å². The largest absolute Gasteiger partial charge is 0.417 e. The third-order valence-corrected chi connectivity index (χ3v) is 3.44. The van der Waals surface area contributed by atoms with Gasteiger partial charge in [0, 0.05) is 5.56 Å². The normalized spacial score (nSPS) is 18.4. The first-order valence-corrected chi connectivity index (χ1v) is 6.09. The molecule has 0 amide bonds. The van der Waals surface area contributed by atoms with Crippen LogP contribution >= 0.6 is 0 Å². The molecule has 4 nitrogen and oxygen atoms in total. The van der Waals surface area contributed by atoms with Crippen LogP contribution in [-0.4, -0.2) is 14.3 Å². The lowest BCUT2D eigenvalue weighted by atomic mass is 10.0. The van der Waals surface area contributed by atoms with Gasteiger partial charge in [-0.2, -0.15) is 13.2 Å². The van der Waals surface area contributed by atoms with Gasteiger partial charge in [-0.25, -0.2) is 8.42 Å². The molecular weight excluding hydrogens is 257 g/mol. The molecule has 1 aliphatic heterocycles. The third-order valence-electron chi connectivity index (χ3n) is 2.29. The van der Waals surface area contributed by atoms with Crippen molar-refractivity contribution in [2.75, 3.05) is 0 Å². The van der Waals surface area contributed by atoms with Crippen LogP contribution < -0.4 is 5.73 Å². The lowest BCUT2D eigenvalue weighted by Crippen LogP contribution is -2.27. The highest BCUT2D eigenvalue weighted by atomic mass is 32.2. The van der Waals surface area contributed by atoms with Crippen LogP contribution in [0.15, 0.2) is 22.6 Å². The van der Waals surface area contributed by atoms with Crippen molar-refractivity contribution in [2.45, 2.75) is 11.9 Å². The van der Waals surface area contributed by atoms with E-state index in [9.17, 15) is 21.6 Å². The van der Waals surface area contributed by atoms with E-state index in [-0.39, 0.29) is 11.1 Å². The predicted molar refractivity (Wildman–Crippen MR) is 54.8 cm³/mol. The van der Waals surface area contributed by atoms with E-state index in [0.717, 1.165) is 12.1 Å². The third kappa shape index (κ3) is 2.12.